The Balaban J connectivity index is 2.47. The van der Waals surface area contributed by atoms with E-state index in [0.29, 0.717) is 27.2 Å². The first-order valence-electron chi connectivity index (χ1n) is 7.52. The summed E-state index contributed by atoms with van der Waals surface area (Å²) in [6, 6.07) is 5.46. The predicted molar refractivity (Wildman–Crippen MR) is 92.7 cm³/mol. The SMILES string of the molecule is CN1Cc2c(C(=O)O)nc(C(C)(C)C)n2-c2cccc(Br)c2C1=O. The first-order chi connectivity index (χ1) is 11.1. The van der Waals surface area contributed by atoms with Gasteiger partial charge in [0.25, 0.3) is 5.91 Å². The lowest BCUT2D eigenvalue weighted by molar-refractivity contribution is 0.0682. The zero-order valence-electron chi connectivity index (χ0n) is 13.9. The summed E-state index contributed by atoms with van der Waals surface area (Å²) in [5, 5.41) is 9.58. The highest BCUT2D eigenvalue weighted by atomic mass is 79.9. The molecule has 6 nitrogen and oxygen atoms in total. The molecule has 3 rings (SSSR count). The van der Waals surface area contributed by atoms with E-state index in [2.05, 4.69) is 20.9 Å². The summed E-state index contributed by atoms with van der Waals surface area (Å²) in [7, 11) is 1.66. The van der Waals surface area contributed by atoms with Crippen LogP contribution in [-0.4, -0.2) is 38.5 Å². The molecule has 7 heteroatoms. The van der Waals surface area contributed by atoms with E-state index in [0.717, 1.165) is 0 Å². The molecule has 2 aromatic rings. The molecule has 0 saturated heterocycles. The standard InChI is InChI=1S/C17H18BrN3O3/c1-17(2,3)16-19-13(15(23)24)11-8-20(4)14(22)12-9(18)6-5-7-10(12)21(11)16/h5-7H,8H2,1-4H3,(H,23,24). The van der Waals surface area contributed by atoms with Gasteiger partial charge < -0.3 is 10.0 Å². The number of fused-ring (bicyclic) bond motifs is 3. The summed E-state index contributed by atoms with van der Waals surface area (Å²) in [6.45, 7) is 6.11. The fraction of sp³-hybridized carbons (Fsp3) is 0.353. The van der Waals surface area contributed by atoms with E-state index in [1.54, 1.807) is 13.1 Å². The Bertz CT molecular complexity index is 865. The third-order valence-corrected chi connectivity index (χ3v) is 4.69. The number of amides is 1. The minimum absolute atomic E-state index is 0.00704. The molecule has 2 heterocycles. The minimum atomic E-state index is -1.09. The van der Waals surface area contributed by atoms with Gasteiger partial charge in [0.05, 0.1) is 23.5 Å². The first-order valence-corrected chi connectivity index (χ1v) is 8.32. The molecule has 1 aliphatic heterocycles. The Labute approximate surface area is 148 Å². The number of hydrogen-bond acceptors (Lipinski definition) is 3. The highest BCUT2D eigenvalue weighted by molar-refractivity contribution is 9.10. The second kappa shape index (κ2) is 5.44. The number of halogens is 1. The molecule has 0 aliphatic carbocycles. The van der Waals surface area contributed by atoms with Crippen molar-refractivity contribution in [1.29, 1.82) is 0 Å². The molecule has 0 unspecified atom stereocenters. The van der Waals surface area contributed by atoms with Crippen molar-refractivity contribution in [1.82, 2.24) is 14.5 Å². The number of aromatic carboxylic acids is 1. The lowest BCUT2D eigenvalue weighted by Crippen LogP contribution is -2.26. The van der Waals surface area contributed by atoms with Gasteiger partial charge in [0.1, 0.15) is 5.82 Å². The molecule has 1 aromatic carbocycles. The van der Waals surface area contributed by atoms with Gasteiger partial charge in [-0.05, 0) is 28.1 Å². The van der Waals surface area contributed by atoms with Crippen LogP contribution in [0.25, 0.3) is 5.69 Å². The highest BCUT2D eigenvalue weighted by Gasteiger charge is 2.35. The zero-order valence-corrected chi connectivity index (χ0v) is 15.5. The molecule has 0 radical (unpaired) electrons. The van der Waals surface area contributed by atoms with Gasteiger partial charge in [-0.2, -0.15) is 0 Å². The van der Waals surface area contributed by atoms with Gasteiger partial charge in [-0.15, -0.1) is 0 Å². The summed E-state index contributed by atoms with van der Waals surface area (Å²) in [5.74, 6) is -0.622. The van der Waals surface area contributed by atoms with Crippen molar-refractivity contribution in [3.8, 4) is 5.69 Å². The Morgan fingerprint density at radius 2 is 2.00 bits per heavy atom. The molecule has 1 aromatic heterocycles. The highest BCUT2D eigenvalue weighted by Crippen LogP contribution is 2.35. The van der Waals surface area contributed by atoms with Crippen molar-refractivity contribution in [2.24, 2.45) is 0 Å². The average Bonchev–Trinajstić information content (AvgIpc) is 2.81. The largest absolute Gasteiger partial charge is 0.476 e. The molecule has 1 N–H and O–H groups in total. The quantitative estimate of drug-likeness (QED) is 0.809. The van der Waals surface area contributed by atoms with E-state index in [1.807, 2.05) is 37.5 Å². The Kier molecular flexibility index (Phi) is 3.79. The fourth-order valence-electron chi connectivity index (χ4n) is 2.93. The molecule has 24 heavy (non-hydrogen) atoms. The van der Waals surface area contributed by atoms with Gasteiger partial charge in [0.2, 0.25) is 0 Å². The smallest absolute Gasteiger partial charge is 0.356 e. The van der Waals surface area contributed by atoms with E-state index in [9.17, 15) is 14.7 Å². The number of carbonyl (C=O) groups is 2. The summed E-state index contributed by atoms with van der Waals surface area (Å²) >= 11 is 3.45. The van der Waals surface area contributed by atoms with E-state index in [1.165, 1.54) is 4.90 Å². The molecular formula is C17H18BrN3O3. The van der Waals surface area contributed by atoms with Crippen molar-refractivity contribution in [3.05, 3.63) is 45.4 Å². The maximum atomic E-state index is 12.8. The third-order valence-electron chi connectivity index (χ3n) is 4.03. The lowest BCUT2D eigenvalue weighted by Gasteiger charge is -2.21. The number of rotatable bonds is 1. The average molecular weight is 392 g/mol. The number of aromatic nitrogens is 2. The number of nitrogens with zero attached hydrogens (tertiary/aromatic N) is 3. The van der Waals surface area contributed by atoms with Crippen molar-refractivity contribution in [2.45, 2.75) is 32.7 Å². The summed E-state index contributed by atoms with van der Waals surface area (Å²) in [5.41, 5.74) is 1.29. The summed E-state index contributed by atoms with van der Waals surface area (Å²) < 4.78 is 2.50. The maximum absolute atomic E-state index is 12.8. The van der Waals surface area contributed by atoms with Gasteiger partial charge >= 0.3 is 5.97 Å². The number of carbonyl (C=O) groups excluding carboxylic acids is 1. The number of benzene rings is 1. The monoisotopic (exact) mass is 391 g/mol. The lowest BCUT2D eigenvalue weighted by atomic mass is 9.95. The van der Waals surface area contributed by atoms with Crippen LogP contribution in [0.3, 0.4) is 0 Å². The van der Waals surface area contributed by atoms with Crippen LogP contribution < -0.4 is 0 Å². The molecule has 1 aliphatic rings. The van der Waals surface area contributed by atoms with Crippen molar-refractivity contribution in [3.63, 3.8) is 0 Å². The van der Waals surface area contributed by atoms with E-state index in [4.69, 9.17) is 0 Å². The topological polar surface area (TPSA) is 75.4 Å². The van der Waals surface area contributed by atoms with E-state index >= 15 is 0 Å². The first kappa shape index (κ1) is 16.7. The maximum Gasteiger partial charge on any atom is 0.356 e. The Morgan fingerprint density at radius 1 is 1.33 bits per heavy atom. The van der Waals surface area contributed by atoms with Crippen LogP contribution in [0, 0.1) is 0 Å². The van der Waals surface area contributed by atoms with Crippen LogP contribution in [0.5, 0.6) is 0 Å². The Hall–Kier alpha value is -2.15. The number of hydrogen-bond donors (Lipinski definition) is 1. The number of carboxylic acids is 1. The van der Waals surface area contributed by atoms with Crippen molar-refractivity contribution in [2.75, 3.05) is 7.05 Å². The molecule has 126 valence electrons. The second-order valence-corrected chi connectivity index (χ2v) is 7.77. The molecular weight excluding hydrogens is 374 g/mol. The predicted octanol–water partition coefficient (Wildman–Crippen LogP) is 3.22. The van der Waals surface area contributed by atoms with Gasteiger partial charge in [0, 0.05) is 16.9 Å². The van der Waals surface area contributed by atoms with Crippen LogP contribution in [-0.2, 0) is 12.0 Å². The fourth-order valence-corrected chi connectivity index (χ4v) is 3.46. The van der Waals surface area contributed by atoms with Crippen LogP contribution in [0.4, 0.5) is 0 Å². The molecule has 0 spiro atoms. The zero-order chi connectivity index (χ0) is 17.8. The normalized spacial score (nSPS) is 14.2. The van der Waals surface area contributed by atoms with E-state index in [-0.39, 0.29) is 23.6 Å². The van der Waals surface area contributed by atoms with Gasteiger partial charge in [-0.1, -0.05) is 26.8 Å². The van der Waals surface area contributed by atoms with Gasteiger partial charge in [-0.25, -0.2) is 9.78 Å². The molecule has 0 bridgehead atoms. The van der Waals surface area contributed by atoms with Crippen molar-refractivity contribution < 1.29 is 14.7 Å². The molecule has 0 atom stereocenters. The van der Waals surface area contributed by atoms with Gasteiger partial charge in [0.15, 0.2) is 5.69 Å². The van der Waals surface area contributed by atoms with Crippen LogP contribution >= 0.6 is 15.9 Å². The summed E-state index contributed by atoms with van der Waals surface area (Å²) in [6.07, 6.45) is 0. The Morgan fingerprint density at radius 3 is 2.58 bits per heavy atom. The van der Waals surface area contributed by atoms with Gasteiger partial charge in [-0.3, -0.25) is 9.36 Å². The number of carboxylic acid groups (broad SMARTS) is 1. The van der Waals surface area contributed by atoms with E-state index < -0.39 is 5.97 Å². The van der Waals surface area contributed by atoms with Crippen LogP contribution in [0.1, 0.15) is 53.1 Å². The number of imidazole rings is 1. The minimum Gasteiger partial charge on any atom is -0.476 e. The van der Waals surface area contributed by atoms with Crippen LogP contribution in [0.2, 0.25) is 0 Å². The van der Waals surface area contributed by atoms with Crippen LogP contribution in [0.15, 0.2) is 22.7 Å². The molecule has 0 saturated carbocycles. The molecule has 0 fully saturated rings. The third kappa shape index (κ3) is 2.43. The summed E-state index contributed by atoms with van der Waals surface area (Å²) in [4.78, 5) is 30.4. The van der Waals surface area contributed by atoms with Crippen molar-refractivity contribution >= 4 is 27.8 Å². The molecule has 1 amide bonds. The second-order valence-electron chi connectivity index (χ2n) is 6.92.